The van der Waals surface area contributed by atoms with Gasteiger partial charge in [0.1, 0.15) is 12.8 Å². The summed E-state index contributed by atoms with van der Waals surface area (Å²) in [6, 6.07) is 7.69. The first-order valence-corrected chi connectivity index (χ1v) is 4.46. The molecule has 0 aliphatic carbocycles. The van der Waals surface area contributed by atoms with Crippen molar-refractivity contribution >= 4 is 22.1 Å². The quantitative estimate of drug-likeness (QED) is 0.574. The fourth-order valence-electron chi connectivity index (χ4n) is 0.674. The average Bonchev–Trinajstić information content (AvgIpc) is 2.09. The molecule has 0 aromatic heterocycles. The molecule has 1 aromatic rings. The lowest BCUT2D eigenvalue weighted by Crippen LogP contribution is -1.83. The van der Waals surface area contributed by atoms with E-state index < -0.39 is 0 Å². The molecule has 0 aliphatic heterocycles. The fourth-order valence-corrected chi connectivity index (χ4v) is 0.938. The Labute approximate surface area is 80.4 Å². The van der Waals surface area contributed by atoms with Crippen LogP contribution in [0.2, 0.25) is 0 Å². The summed E-state index contributed by atoms with van der Waals surface area (Å²) in [5.74, 6) is 0. The minimum absolute atomic E-state index is 0.573. The van der Waals surface area contributed by atoms with Crippen molar-refractivity contribution in [3.8, 4) is 0 Å². The Morgan fingerprint density at radius 1 is 1.42 bits per heavy atom. The van der Waals surface area contributed by atoms with Gasteiger partial charge in [-0.05, 0) is 19.1 Å². The van der Waals surface area contributed by atoms with Gasteiger partial charge in [-0.15, -0.1) is 0 Å². The molecule has 1 rings (SSSR count). The van der Waals surface area contributed by atoms with E-state index in [9.17, 15) is 0 Å². The van der Waals surface area contributed by atoms with Gasteiger partial charge in [-0.25, -0.2) is 0 Å². The van der Waals surface area contributed by atoms with Crippen LogP contribution in [-0.2, 0) is 4.84 Å². The van der Waals surface area contributed by atoms with Crippen molar-refractivity contribution in [2.24, 2.45) is 5.16 Å². The molecular formula is C9H9BrNO. The van der Waals surface area contributed by atoms with Crippen LogP contribution in [0.15, 0.2) is 33.9 Å². The fraction of sp³-hybridized carbons (Fsp3) is 0.222. The van der Waals surface area contributed by atoms with E-state index in [4.69, 9.17) is 4.84 Å². The summed E-state index contributed by atoms with van der Waals surface area (Å²) in [6.07, 6.45) is 2.75. The van der Waals surface area contributed by atoms with Gasteiger partial charge in [0.05, 0.1) is 0 Å². The topological polar surface area (TPSA) is 21.6 Å². The van der Waals surface area contributed by atoms with Crippen LogP contribution in [0.4, 0.5) is 0 Å². The standard InChI is InChI=1S/C9H9BrNO/c1-2-12-11-7-8-3-5-9(10)6-4-8/h3-6H,2H2,1H3. The van der Waals surface area contributed by atoms with Crippen molar-refractivity contribution in [2.45, 2.75) is 6.92 Å². The van der Waals surface area contributed by atoms with Crippen molar-refractivity contribution < 1.29 is 4.84 Å². The number of rotatable bonds is 3. The Morgan fingerprint density at radius 2 is 2.08 bits per heavy atom. The molecule has 0 spiro atoms. The minimum atomic E-state index is 0.573. The van der Waals surface area contributed by atoms with Crippen LogP contribution in [0.5, 0.6) is 0 Å². The Morgan fingerprint density at radius 3 is 2.67 bits per heavy atom. The van der Waals surface area contributed by atoms with Crippen molar-refractivity contribution in [1.82, 2.24) is 0 Å². The summed E-state index contributed by atoms with van der Waals surface area (Å²) in [4.78, 5) is 4.77. The normalized spacial score (nSPS) is 10.5. The van der Waals surface area contributed by atoms with Crippen LogP contribution < -0.4 is 0 Å². The highest BCUT2D eigenvalue weighted by Crippen LogP contribution is 2.08. The highest BCUT2D eigenvalue weighted by atomic mass is 79.9. The molecule has 0 saturated heterocycles. The molecule has 0 bridgehead atoms. The SMILES string of the molecule is CCO/N=[C]/c1ccc(Br)cc1. The summed E-state index contributed by atoms with van der Waals surface area (Å²) in [7, 11) is 0. The van der Waals surface area contributed by atoms with Gasteiger partial charge < -0.3 is 4.84 Å². The summed E-state index contributed by atoms with van der Waals surface area (Å²) in [5, 5.41) is 3.62. The van der Waals surface area contributed by atoms with Crippen molar-refractivity contribution in [3.63, 3.8) is 0 Å². The van der Waals surface area contributed by atoms with E-state index in [1.807, 2.05) is 31.2 Å². The first-order chi connectivity index (χ1) is 5.83. The van der Waals surface area contributed by atoms with Crippen molar-refractivity contribution in [1.29, 1.82) is 0 Å². The molecule has 1 aromatic carbocycles. The van der Waals surface area contributed by atoms with E-state index in [1.54, 1.807) is 0 Å². The smallest absolute Gasteiger partial charge is 0.139 e. The van der Waals surface area contributed by atoms with E-state index in [1.165, 1.54) is 0 Å². The summed E-state index contributed by atoms with van der Waals surface area (Å²) in [5.41, 5.74) is 0.909. The van der Waals surface area contributed by atoms with Gasteiger partial charge in [0.15, 0.2) is 0 Å². The summed E-state index contributed by atoms with van der Waals surface area (Å²) in [6.45, 7) is 2.45. The number of benzene rings is 1. The predicted octanol–water partition coefficient (Wildman–Crippen LogP) is 2.70. The van der Waals surface area contributed by atoms with Gasteiger partial charge in [-0.2, -0.15) is 0 Å². The first-order valence-electron chi connectivity index (χ1n) is 3.66. The Kier molecular flexibility index (Phi) is 3.80. The van der Waals surface area contributed by atoms with Gasteiger partial charge in [0, 0.05) is 10.0 Å². The third kappa shape index (κ3) is 3.05. The third-order valence-corrected chi connectivity index (χ3v) is 1.74. The number of hydrogen-bond donors (Lipinski definition) is 0. The molecule has 0 heterocycles. The van der Waals surface area contributed by atoms with Crippen LogP contribution in [0.1, 0.15) is 12.5 Å². The molecule has 0 unspecified atom stereocenters. The van der Waals surface area contributed by atoms with Gasteiger partial charge in [-0.3, -0.25) is 0 Å². The molecule has 0 amide bonds. The van der Waals surface area contributed by atoms with Gasteiger partial charge in [0.2, 0.25) is 0 Å². The molecule has 63 valence electrons. The van der Waals surface area contributed by atoms with E-state index in [-0.39, 0.29) is 0 Å². The largest absolute Gasteiger partial charge is 0.396 e. The number of hydrogen-bond acceptors (Lipinski definition) is 2. The number of nitrogens with zero attached hydrogens (tertiary/aromatic N) is 1. The first kappa shape index (κ1) is 9.26. The van der Waals surface area contributed by atoms with E-state index in [2.05, 4.69) is 27.3 Å². The molecule has 0 saturated carbocycles. The van der Waals surface area contributed by atoms with Gasteiger partial charge >= 0.3 is 0 Å². The van der Waals surface area contributed by atoms with Crippen LogP contribution >= 0.6 is 15.9 Å². The Bertz CT molecular complexity index is 256. The zero-order valence-corrected chi connectivity index (χ0v) is 8.34. The highest BCUT2D eigenvalue weighted by molar-refractivity contribution is 9.10. The average molecular weight is 227 g/mol. The molecule has 1 radical (unpaired) electrons. The lowest BCUT2D eigenvalue weighted by molar-refractivity contribution is 0.160. The summed E-state index contributed by atoms with van der Waals surface area (Å²) >= 11 is 3.34. The maximum absolute atomic E-state index is 4.77. The zero-order chi connectivity index (χ0) is 8.81. The van der Waals surface area contributed by atoms with Crippen LogP contribution in [-0.4, -0.2) is 12.8 Å². The molecule has 2 nitrogen and oxygen atoms in total. The molecule has 0 N–H and O–H groups in total. The molecule has 12 heavy (non-hydrogen) atoms. The zero-order valence-electron chi connectivity index (χ0n) is 6.75. The lowest BCUT2D eigenvalue weighted by Gasteiger charge is -1.92. The van der Waals surface area contributed by atoms with Crippen molar-refractivity contribution in [2.75, 3.05) is 6.61 Å². The van der Waals surface area contributed by atoms with Gasteiger partial charge in [-0.1, -0.05) is 33.2 Å². The van der Waals surface area contributed by atoms with E-state index >= 15 is 0 Å². The van der Waals surface area contributed by atoms with Crippen LogP contribution in [0.25, 0.3) is 0 Å². The second-order valence-electron chi connectivity index (χ2n) is 2.13. The second kappa shape index (κ2) is 4.93. The van der Waals surface area contributed by atoms with E-state index in [0.29, 0.717) is 6.61 Å². The van der Waals surface area contributed by atoms with Crippen LogP contribution in [0, 0.1) is 0 Å². The Balaban J connectivity index is 2.58. The minimum Gasteiger partial charge on any atom is -0.396 e. The maximum Gasteiger partial charge on any atom is 0.139 e. The summed E-state index contributed by atoms with van der Waals surface area (Å²) < 4.78 is 1.05. The predicted molar refractivity (Wildman–Crippen MR) is 52.3 cm³/mol. The second-order valence-corrected chi connectivity index (χ2v) is 3.04. The van der Waals surface area contributed by atoms with Crippen LogP contribution in [0.3, 0.4) is 0 Å². The lowest BCUT2D eigenvalue weighted by atomic mass is 10.2. The van der Waals surface area contributed by atoms with Gasteiger partial charge in [0.25, 0.3) is 0 Å². The Hall–Kier alpha value is -0.830. The maximum atomic E-state index is 4.77. The molecule has 3 heteroatoms. The molecule has 0 aliphatic rings. The third-order valence-electron chi connectivity index (χ3n) is 1.21. The highest BCUT2D eigenvalue weighted by Gasteiger charge is 1.88. The van der Waals surface area contributed by atoms with Crippen molar-refractivity contribution in [3.05, 3.63) is 34.3 Å². The molecular weight excluding hydrogens is 218 g/mol. The molecule has 0 atom stereocenters. The molecule has 0 fully saturated rings. The monoisotopic (exact) mass is 226 g/mol. The number of halogens is 1. The van der Waals surface area contributed by atoms with E-state index in [0.717, 1.165) is 10.0 Å².